The molecule has 0 unspecified atom stereocenters. The summed E-state index contributed by atoms with van der Waals surface area (Å²) in [6.07, 6.45) is 3.39. The predicted octanol–water partition coefficient (Wildman–Crippen LogP) is 1.57. The van der Waals surface area contributed by atoms with Gasteiger partial charge in [-0.15, -0.1) is 0 Å². The maximum absolute atomic E-state index is 8.81. The summed E-state index contributed by atoms with van der Waals surface area (Å²) in [5.74, 6) is 0.00465. The second-order valence-electron chi connectivity index (χ2n) is 4.36. The fraction of sp³-hybridized carbons (Fsp3) is 0.0714. The molecule has 2 heterocycles. The highest BCUT2D eigenvalue weighted by Crippen LogP contribution is 2.15. The molecule has 0 atom stereocenters. The summed E-state index contributed by atoms with van der Waals surface area (Å²) in [4.78, 5) is 8.50. The summed E-state index contributed by atoms with van der Waals surface area (Å²) in [7, 11) is 0. The number of para-hydroxylation sites is 2. The van der Waals surface area contributed by atoms with Crippen LogP contribution in [0.3, 0.4) is 0 Å². The fourth-order valence-electron chi connectivity index (χ4n) is 2.16. The van der Waals surface area contributed by atoms with Gasteiger partial charge < -0.3 is 15.5 Å². The lowest BCUT2D eigenvalue weighted by molar-refractivity contribution is 0.318. The van der Waals surface area contributed by atoms with Gasteiger partial charge in [0.2, 0.25) is 0 Å². The van der Waals surface area contributed by atoms with Crippen LogP contribution in [0.5, 0.6) is 0 Å². The number of rotatable bonds is 3. The first-order valence-electron chi connectivity index (χ1n) is 6.11. The number of nitrogens with zero attached hydrogens (tertiary/aromatic N) is 4. The topological polar surface area (TPSA) is 89.3 Å². The maximum Gasteiger partial charge on any atom is 0.189 e. The molecule has 20 heavy (non-hydrogen) atoms. The molecule has 0 aliphatic rings. The van der Waals surface area contributed by atoms with Crippen LogP contribution in [0.15, 0.2) is 54.1 Å². The molecular formula is C14H13N5O. The van der Waals surface area contributed by atoms with E-state index in [0.29, 0.717) is 12.2 Å². The number of nitrogens with two attached hydrogens (primary N) is 1. The molecule has 6 heteroatoms. The lowest BCUT2D eigenvalue weighted by Crippen LogP contribution is -2.18. The van der Waals surface area contributed by atoms with Crippen LogP contribution in [0.4, 0.5) is 0 Å². The van der Waals surface area contributed by atoms with Gasteiger partial charge in [-0.1, -0.05) is 23.4 Å². The van der Waals surface area contributed by atoms with Gasteiger partial charge in [-0.2, -0.15) is 0 Å². The Morgan fingerprint density at radius 1 is 1.20 bits per heavy atom. The van der Waals surface area contributed by atoms with Gasteiger partial charge in [0.05, 0.1) is 23.9 Å². The highest BCUT2D eigenvalue weighted by molar-refractivity contribution is 5.96. The second-order valence-corrected chi connectivity index (χ2v) is 4.36. The fourth-order valence-corrected chi connectivity index (χ4v) is 2.16. The zero-order chi connectivity index (χ0) is 13.9. The van der Waals surface area contributed by atoms with E-state index in [1.54, 1.807) is 12.5 Å². The van der Waals surface area contributed by atoms with Crippen molar-refractivity contribution in [2.24, 2.45) is 10.9 Å². The maximum atomic E-state index is 8.81. The highest BCUT2D eigenvalue weighted by atomic mass is 16.4. The van der Waals surface area contributed by atoms with E-state index >= 15 is 0 Å². The first-order chi connectivity index (χ1) is 9.79. The minimum atomic E-state index is 0.00465. The van der Waals surface area contributed by atoms with E-state index in [0.717, 1.165) is 16.6 Å². The average molecular weight is 267 g/mol. The number of hydrogen-bond donors (Lipinski definition) is 2. The Kier molecular flexibility index (Phi) is 3.04. The highest BCUT2D eigenvalue weighted by Gasteiger charge is 2.10. The average Bonchev–Trinajstić information content (AvgIpc) is 2.90. The molecule has 100 valence electrons. The third-order valence-electron chi connectivity index (χ3n) is 3.11. The van der Waals surface area contributed by atoms with Crippen molar-refractivity contribution >= 4 is 16.9 Å². The number of aromatic nitrogens is 3. The number of hydrogen-bond acceptors (Lipinski definition) is 4. The number of oxime groups is 1. The zero-order valence-corrected chi connectivity index (χ0v) is 10.6. The molecule has 0 aliphatic carbocycles. The molecule has 0 aliphatic heterocycles. The molecule has 3 rings (SSSR count). The van der Waals surface area contributed by atoms with Gasteiger partial charge >= 0.3 is 0 Å². The number of pyridine rings is 1. The summed E-state index contributed by atoms with van der Waals surface area (Å²) in [6, 6.07) is 11.6. The van der Waals surface area contributed by atoms with E-state index in [2.05, 4.69) is 15.1 Å². The van der Waals surface area contributed by atoms with E-state index in [4.69, 9.17) is 10.9 Å². The predicted molar refractivity (Wildman–Crippen MR) is 75.6 cm³/mol. The van der Waals surface area contributed by atoms with E-state index in [1.807, 2.05) is 41.0 Å². The van der Waals surface area contributed by atoms with Crippen LogP contribution in [0.1, 0.15) is 11.3 Å². The molecule has 0 fully saturated rings. The Morgan fingerprint density at radius 3 is 2.90 bits per heavy atom. The second kappa shape index (κ2) is 5.00. The molecule has 0 amide bonds. The Balaban J connectivity index is 2.04. The van der Waals surface area contributed by atoms with Gasteiger partial charge in [0.15, 0.2) is 5.84 Å². The van der Waals surface area contributed by atoms with Crippen LogP contribution in [-0.4, -0.2) is 25.6 Å². The Morgan fingerprint density at radius 2 is 2.05 bits per heavy atom. The van der Waals surface area contributed by atoms with Crippen molar-refractivity contribution in [3.8, 4) is 0 Å². The quantitative estimate of drug-likeness (QED) is 0.326. The van der Waals surface area contributed by atoms with Crippen LogP contribution in [-0.2, 0) is 6.54 Å². The van der Waals surface area contributed by atoms with Crippen molar-refractivity contribution in [2.75, 3.05) is 0 Å². The smallest absolute Gasteiger partial charge is 0.189 e. The van der Waals surface area contributed by atoms with Gasteiger partial charge in [0.25, 0.3) is 0 Å². The molecular weight excluding hydrogens is 254 g/mol. The Hall–Kier alpha value is -2.89. The number of imidazole rings is 1. The molecule has 0 spiro atoms. The van der Waals surface area contributed by atoms with Crippen molar-refractivity contribution in [1.82, 2.24) is 14.5 Å². The van der Waals surface area contributed by atoms with Gasteiger partial charge in [-0.3, -0.25) is 4.98 Å². The molecule has 0 saturated carbocycles. The largest absolute Gasteiger partial charge is 0.409 e. The SMILES string of the molecule is NC(=NO)c1ncccc1Cn1cnc2ccccc21. The van der Waals surface area contributed by atoms with E-state index < -0.39 is 0 Å². The molecule has 0 radical (unpaired) electrons. The summed E-state index contributed by atoms with van der Waals surface area (Å²) in [6.45, 7) is 0.555. The van der Waals surface area contributed by atoms with Crippen molar-refractivity contribution in [3.05, 3.63) is 60.2 Å². The molecule has 0 bridgehead atoms. The molecule has 3 N–H and O–H groups in total. The standard InChI is InChI=1S/C14H13N5O/c15-14(18-20)13-10(4-3-7-16-13)8-19-9-17-11-5-1-2-6-12(11)19/h1-7,9,20H,8H2,(H2,15,18). The van der Waals surface area contributed by atoms with Crippen LogP contribution >= 0.6 is 0 Å². The van der Waals surface area contributed by atoms with Gasteiger partial charge in [-0.25, -0.2) is 4.98 Å². The third kappa shape index (κ3) is 2.07. The van der Waals surface area contributed by atoms with Crippen molar-refractivity contribution < 1.29 is 5.21 Å². The van der Waals surface area contributed by atoms with Gasteiger partial charge in [0, 0.05) is 11.8 Å². The molecule has 3 aromatic rings. The van der Waals surface area contributed by atoms with Crippen molar-refractivity contribution in [3.63, 3.8) is 0 Å². The van der Waals surface area contributed by atoms with Crippen LogP contribution in [0, 0.1) is 0 Å². The van der Waals surface area contributed by atoms with E-state index in [-0.39, 0.29) is 5.84 Å². The zero-order valence-electron chi connectivity index (χ0n) is 10.6. The monoisotopic (exact) mass is 267 g/mol. The molecule has 6 nitrogen and oxygen atoms in total. The van der Waals surface area contributed by atoms with E-state index in [1.165, 1.54) is 0 Å². The van der Waals surface area contributed by atoms with Crippen molar-refractivity contribution in [2.45, 2.75) is 6.54 Å². The normalized spacial score (nSPS) is 11.9. The van der Waals surface area contributed by atoms with Crippen LogP contribution in [0.25, 0.3) is 11.0 Å². The lowest BCUT2D eigenvalue weighted by atomic mass is 10.1. The first kappa shape index (κ1) is 12.2. The van der Waals surface area contributed by atoms with E-state index in [9.17, 15) is 0 Å². The van der Waals surface area contributed by atoms with Gasteiger partial charge in [0.1, 0.15) is 5.69 Å². The van der Waals surface area contributed by atoms with Crippen molar-refractivity contribution in [1.29, 1.82) is 0 Å². The Bertz CT molecular complexity index is 778. The molecule has 0 saturated heterocycles. The number of benzene rings is 1. The van der Waals surface area contributed by atoms with Crippen LogP contribution in [0.2, 0.25) is 0 Å². The minimum absolute atomic E-state index is 0.00465. The number of fused-ring (bicyclic) bond motifs is 1. The third-order valence-corrected chi connectivity index (χ3v) is 3.11. The Labute approximate surface area is 115 Å². The summed E-state index contributed by atoms with van der Waals surface area (Å²) in [5, 5.41) is 11.8. The first-order valence-corrected chi connectivity index (χ1v) is 6.11. The van der Waals surface area contributed by atoms with Gasteiger partial charge in [-0.05, 0) is 18.2 Å². The number of amidine groups is 1. The van der Waals surface area contributed by atoms with Crippen LogP contribution < -0.4 is 5.73 Å². The summed E-state index contributed by atoms with van der Waals surface area (Å²) < 4.78 is 2.00. The minimum Gasteiger partial charge on any atom is -0.409 e. The lowest BCUT2D eigenvalue weighted by Gasteiger charge is -2.08. The molecule has 1 aromatic carbocycles. The summed E-state index contributed by atoms with van der Waals surface area (Å²) in [5.41, 5.74) is 8.96. The molecule has 2 aromatic heterocycles. The summed E-state index contributed by atoms with van der Waals surface area (Å²) >= 11 is 0.